The zero-order valence-corrected chi connectivity index (χ0v) is 17.3. The Morgan fingerprint density at radius 3 is 2.43 bits per heavy atom. The number of methoxy groups -OCH3 is 1. The summed E-state index contributed by atoms with van der Waals surface area (Å²) in [5.41, 5.74) is 1.78. The third-order valence-electron chi connectivity index (χ3n) is 5.59. The van der Waals surface area contributed by atoms with E-state index in [4.69, 9.17) is 4.74 Å². The molecule has 0 saturated heterocycles. The minimum atomic E-state index is -0.000937. The molecule has 28 heavy (non-hydrogen) atoms. The van der Waals surface area contributed by atoms with Crippen LogP contribution >= 0.6 is 11.3 Å². The summed E-state index contributed by atoms with van der Waals surface area (Å²) in [5.74, 6) is 1.53. The van der Waals surface area contributed by atoms with Gasteiger partial charge in [-0.15, -0.1) is 11.3 Å². The van der Waals surface area contributed by atoms with Crippen LogP contribution < -0.4 is 15.0 Å². The Bertz CT molecular complexity index is 882. The van der Waals surface area contributed by atoms with E-state index < -0.39 is 0 Å². The van der Waals surface area contributed by atoms with E-state index in [9.17, 15) is 9.59 Å². The van der Waals surface area contributed by atoms with E-state index in [0.29, 0.717) is 10.8 Å². The van der Waals surface area contributed by atoms with Crippen molar-refractivity contribution in [3.8, 4) is 5.75 Å². The number of amides is 2. The predicted octanol–water partition coefficient (Wildman–Crippen LogP) is 4.86. The Kier molecular flexibility index (Phi) is 5.15. The standard InChI is InChI=1S/C22H26N2O3S/c1-13-12-19(23-21(25)16-6-7-16)28-20(13)22(26)24(14(2)15-4-5-15)17-8-10-18(27-3)11-9-17/h8-12,14-16H,4-7H2,1-3H3,(H,23,25). The van der Waals surface area contributed by atoms with Crippen LogP contribution in [-0.2, 0) is 4.79 Å². The van der Waals surface area contributed by atoms with Gasteiger partial charge < -0.3 is 15.0 Å². The van der Waals surface area contributed by atoms with Gasteiger partial charge in [-0.3, -0.25) is 9.59 Å². The highest BCUT2D eigenvalue weighted by atomic mass is 32.1. The lowest BCUT2D eigenvalue weighted by Gasteiger charge is -2.29. The van der Waals surface area contributed by atoms with Crippen LogP contribution in [0.3, 0.4) is 0 Å². The Labute approximate surface area is 169 Å². The van der Waals surface area contributed by atoms with Crippen LogP contribution in [0.1, 0.15) is 47.8 Å². The number of hydrogen-bond donors (Lipinski definition) is 1. The summed E-state index contributed by atoms with van der Waals surface area (Å²) in [4.78, 5) is 28.2. The molecule has 2 aliphatic carbocycles. The van der Waals surface area contributed by atoms with E-state index in [1.54, 1.807) is 7.11 Å². The molecule has 2 amide bonds. The highest BCUT2D eigenvalue weighted by molar-refractivity contribution is 7.18. The first kappa shape index (κ1) is 19.0. The first-order chi connectivity index (χ1) is 13.5. The van der Waals surface area contributed by atoms with E-state index in [2.05, 4.69) is 12.2 Å². The lowest BCUT2D eigenvalue weighted by molar-refractivity contribution is -0.117. The van der Waals surface area contributed by atoms with E-state index in [1.165, 1.54) is 11.3 Å². The molecule has 5 nitrogen and oxygen atoms in total. The number of hydrogen-bond acceptors (Lipinski definition) is 4. The molecule has 1 aromatic carbocycles. The molecule has 1 heterocycles. The summed E-state index contributed by atoms with van der Waals surface area (Å²) in [6.45, 7) is 4.06. The van der Waals surface area contributed by atoms with Gasteiger partial charge in [0.25, 0.3) is 5.91 Å². The molecule has 1 N–H and O–H groups in total. The lowest BCUT2D eigenvalue weighted by Crippen LogP contribution is -2.40. The highest BCUT2D eigenvalue weighted by Crippen LogP contribution is 2.39. The summed E-state index contributed by atoms with van der Waals surface area (Å²) in [7, 11) is 1.64. The molecule has 4 rings (SSSR count). The zero-order valence-electron chi connectivity index (χ0n) is 16.5. The van der Waals surface area contributed by atoms with Gasteiger partial charge in [-0.25, -0.2) is 0 Å². The number of nitrogens with zero attached hydrogens (tertiary/aromatic N) is 1. The minimum absolute atomic E-state index is 0.000937. The topological polar surface area (TPSA) is 58.6 Å². The molecule has 2 saturated carbocycles. The second-order valence-corrected chi connectivity index (χ2v) is 8.89. The molecular weight excluding hydrogens is 372 g/mol. The SMILES string of the molecule is COc1ccc(N(C(=O)c2sc(NC(=O)C3CC3)cc2C)C(C)C2CC2)cc1. The van der Waals surface area contributed by atoms with Crippen molar-refractivity contribution >= 4 is 33.8 Å². The molecule has 0 radical (unpaired) electrons. The third-order valence-corrected chi connectivity index (χ3v) is 6.73. The van der Waals surface area contributed by atoms with Crippen LogP contribution in [0.2, 0.25) is 0 Å². The molecule has 0 aliphatic heterocycles. The number of aryl methyl sites for hydroxylation is 1. The van der Waals surface area contributed by atoms with Crippen molar-refractivity contribution in [2.75, 3.05) is 17.3 Å². The van der Waals surface area contributed by atoms with Crippen molar-refractivity contribution in [3.63, 3.8) is 0 Å². The van der Waals surface area contributed by atoms with Crippen molar-refractivity contribution in [2.24, 2.45) is 11.8 Å². The van der Waals surface area contributed by atoms with E-state index in [0.717, 1.165) is 47.7 Å². The first-order valence-corrected chi connectivity index (χ1v) is 10.7. The van der Waals surface area contributed by atoms with Gasteiger partial charge in [0.1, 0.15) is 5.75 Å². The van der Waals surface area contributed by atoms with Crippen molar-refractivity contribution in [1.29, 1.82) is 0 Å². The molecule has 2 fully saturated rings. The van der Waals surface area contributed by atoms with Crippen molar-refractivity contribution in [2.45, 2.75) is 45.6 Å². The van der Waals surface area contributed by atoms with E-state index in [-0.39, 0.29) is 23.8 Å². The van der Waals surface area contributed by atoms with Crippen LogP contribution in [0.4, 0.5) is 10.7 Å². The molecule has 1 unspecified atom stereocenters. The highest BCUT2D eigenvalue weighted by Gasteiger charge is 2.36. The third kappa shape index (κ3) is 3.92. The second-order valence-electron chi connectivity index (χ2n) is 7.84. The van der Waals surface area contributed by atoms with Gasteiger partial charge in [0.15, 0.2) is 0 Å². The molecule has 0 bridgehead atoms. The molecular formula is C22H26N2O3S. The largest absolute Gasteiger partial charge is 0.497 e. The number of carbonyl (C=O) groups is 2. The maximum Gasteiger partial charge on any atom is 0.268 e. The molecule has 0 spiro atoms. The lowest BCUT2D eigenvalue weighted by atomic mass is 10.1. The van der Waals surface area contributed by atoms with E-state index >= 15 is 0 Å². The number of thiophene rings is 1. The van der Waals surface area contributed by atoms with Gasteiger partial charge in [-0.2, -0.15) is 0 Å². The van der Waals surface area contributed by atoms with Gasteiger partial charge in [0, 0.05) is 17.6 Å². The summed E-state index contributed by atoms with van der Waals surface area (Å²) in [5, 5.41) is 3.73. The Hall–Kier alpha value is -2.34. The Balaban J connectivity index is 1.61. The molecule has 1 aromatic heterocycles. The number of benzene rings is 1. The number of ether oxygens (including phenoxy) is 1. The second kappa shape index (κ2) is 7.59. The molecule has 1 atom stereocenters. The van der Waals surface area contributed by atoms with Crippen LogP contribution in [-0.4, -0.2) is 25.0 Å². The van der Waals surface area contributed by atoms with Crippen LogP contribution in [0.5, 0.6) is 5.75 Å². The van der Waals surface area contributed by atoms with Crippen molar-refractivity contribution < 1.29 is 14.3 Å². The molecule has 6 heteroatoms. The maximum atomic E-state index is 13.5. The van der Waals surface area contributed by atoms with Gasteiger partial charge in [0.2, 0.25) is 5.91 Å². The number of carbonyl (C=O) groups excluding carboxylic acids is 2. The minimum Gasteiger partial charge on any atom is -0.497 e. The molecule has 2 aromatic rings. The predicted molar refractivity (Wildman–Crippen MR) is 112 cm³/mol. The quantitative estimate of drug-likeness (QED) is 0.725. The average molecular weight is 399 g/mol. The van der Waals surface area contributed by atoms with Gasteiger partial charge in [-0.05, 0) is 81.3 Å². The Morgan fingerprint density at radius 2 is 1.86 bits per heavy atom. The summed E-state index contributed by atoms with van der Waals surface area (Å²) in [6, 6.07) is 9.69. The summed E-state index contributed by atoms with van der Waals surface area (Å²) in [6.07, 6.45) is 4.25. The fourth-order valence-corrected chi connectivity index (χ4v) is 4.52. The van der Waals surface area contributed by atoms with Gasteiger partial charge in [0.05, 0.1) is 17.0 Å². The smallest absolute Gasteiger partial charge is 0.268 e. The van der Waals surface area contributed by atoms with Gasteiger partial charge >= 0.3 is 0 Å². The number of anilines is 2. The molecule has 2 aliphatic rings. The molecule has 148 valence electrons. The summed E-state index contributed by atoms with van der Waals surface area (Å²) < 4.78 is 5.26. The fraction of sp³-hybridized carbons (Fsp3) is 0.455. The summed E-state index contributed by atoms with van der Waals surface area (Å²) >= 11 is 1.37. The van der Waals surface area contributed by atoms with E-state index in [1.807, 2.05) is 42.2 Å². The van der Waals surface area contributed by atoms with Crippen molar-refractivity contribution in [1.82, 2.24) is 0 Å². The average Bonchev–Trinajstić information content (AvgIpc) is 3.59. The van der Waals surface area contributed by atoms with Crippen LogP contribution in [0.25, 0.3) is 0 Å². The first-order valence-electron chi connectivity index (χ1n) is 9.87. The maximum absolute atomic E-state index is 13.5. The monoisotopic (exact) mass is 398 g/mol. The Morgan fingerprint density at radius 1 is 1.18 bits per heavy atom. The number of nitrogens with one attached hydrogen (secondary N) is 1. The number of rotatable bonds is 7. The van der Waals surface area contributed by atoms with Crippen molar-refractivity contribution in [3.05, 3.63) is 40.8 Å². The van der Waals surface area contributed by atoms with Crippen LogP contribution in [0, 0.1) is 18.8 Å². The fourth-order valence-electron chi connectivity index (χ4n) is 3.50. The normalized spacial score (nSPS) is 17.1. The van der Waals surface area contributed by atoms with Crippen LogP contribution in [0.15, 0.2) is 30.3 Å². The van der Waals surface area contributed by atoms with Gasteiger partial charge in [-0.1, -0.05) is 0 Å². The zero-order chi connectivity index (χ0) is 19.8.